The van der Waals surface area contributed by atoms with E-state index >= 15 is 0 Å². The molecule has 0 aliphatic carbocycles. The number of sulfonamides is 1. The van der Waals surface area contributed by atoms with Gasteiger partial charge in [0.25, 0.3) is 15.9 Å². The maximum Gasteiger partial charge on any atom is 0.264 e. The Morgan fingerprint density at radius 3 is 2.65 bits per heavy atom. The van der Waals surface area contributed by atoms with Crippen molar-refractivity contribution in [1.29, 1.82) is 0 Å². The average molecular weight is 500 g/mol. The molecule has 3 aromatic rings. The van der Waals surface area contributed by atoms with Crippen molar-refractivity contribution < 1.29 is 22.7 Å². The summed E-state index contributed by atoms with van der Waals surface area (Å²) < 4.78 is 39.0. The van der Waals surface area contributed by atoms with Gasteiger partial charge in [0.1, 0.15) is 19.8 Å². The minimum absolute atomic E-state index is 0.0544. The highest BCUT2D eigenvalue weighted by molar-refractivity contribution is 7.92. The number of hydrogen-bond acceptors (Lipinski definition) is 6. The second-order valence-electron chi connectivity index (χ2n) is 7.42. The van der Waals surface area contributed by atoms with E-state index < -0.39 is 22.5 Å². The highest BCUT2D eigenvalue weighted by Gasteiger charge is 2.28. The molecule has 0 atom stereocenters. The van der Waals surface area contributed by atoms with Crippen molar-refractivity contribution in [3.05, 3.63) is 82.9 Å². The number of halogens is 1. The standard InChI is InChI=1S/C24H22ClN3O5S/c1-17-10-11-19(25)14-21(17)28(34(30,31)20-7-3-2-4-8-20)16-23(29)27-26-15-18-6-5-9-22-24(18)33-13-12-32-22/h2-11,14-15H,12-13,16H2,1H3,(H,27,29)/b26-15+. The van der Waals surface area contributed by atoms with Gasteiger partial charge in [0.05, 0.1) is 16.8 Å². The molecule has 0 unspecified atom stereocenters. The van der Waals surface area contributed by atoms with Crippen molar-refractivity contribution in [2.24, 2.45) is 5.10 Å². The van der Waals surface area contributed by atoms with E-state index in [4.69, 9.17) is 21.1 Å². The molecule has 1 N–H and O–H groups in total. The fourth-order valence-corrected chi connectivity index (χ4v) is 5.07. The molecule has 1 aliphatic rings. The summed E-state index contributed by atoms with van der Waals surface area (Å²) in [6, 6.07) is 18.1. The number of carbonyl (C=O) groups is 1. The molecule has 8 nitrogen and oxygen atoms in total. The number of nitrogens with zero attached hydrogens (tertiary/aromatic N) is 2. The third-order valence-electron chi connectivity index (χ3n) is 5.05. The van der Waals surface area contributed by atoms with Gasteiger partial charge in [-0.1, -0.05) is 41.9 Å². The summed E-state index contributed by atoms with van der Waals surface area (Å²) >= 11 is 6.14. The van der Waals surface area contributed by atoms with Gasteiger partial charge in [0, 0.05) is 10.6 Å². The van der Waals surface area contributed by atoms with Crippen LogP contribution in [0.2, 0.25) is 5.02 Å². The number of ether oxygens (including phenoxy) is 2. The Hall–Kier alpha value is -3.56. The van der Waals surface area contributed by atoms with E-state index in [1.165, 1.54) is 24.4 Å². The SMILES string of the molecule is Cc1ccc(Cl)cc1N(CC(=O)N/N=C/c1cccc2c1OCCO2)S(=O)(=O)c1ccccc1. The number of nitrogens with one attached hydrogen (secondary N) is 1. The molecule has 1 aliphatic heterocycles. The Labute approximate surface area is 202 Å². The summed E-state index contributed by atoms with van der Waals surface area (Å²) in [5, 5.41) is 4.33. The lowest BCUT2D eigenvalue weighted by Gasteiger charge is -2.25. The lowest BCUT2D eigenvalue weighted by molar-refractivity contribution is -0.119. The molecule has 10 heteroatoms. The molecule has 4 rings (SSSR count). The van der Waals surface area contributed by atoms with Crippen LogP contribution in [0.5, 0.6) is 11.5 Å². The van der Waals surface area contributed by atoms with Crippen LogP contribution < -0.4 is 19.2 Å². The summed E-state index contributed by atoms with van der Waals surface area (Å²) in [6.07, 6.45) is 1.42. The molecule has 0 fully saturated rings. The van der Waals surface area contributed by atoms with E-state index in [1.807, 2.05) is 0 Å². The van der Waals surface area contributed by atoms with Crippen molar-refractivity contribution in [3.63, 3.8) is 0 Å². The van der Waals surface area contributed by atoms with Crippen molar-refractivity contribution >= 4 is 39.4 Å². The van der Waals surface area contributed by atoms with Crippen LogP contribution in [0.3, 0.4) is 0 Å². The van der Waals surface area contributed by atoms with Gasteiger partial charge in [-0.3, -0.25) is 9.10 Å². The van der Waals surface area contributed by atoms with Crippen molar-refractivity contribution in [3.8, 4) is 11.5 Å². The summed E-state index contributed by atoms with van der Waals surface area (Å²) in [4.78, 5) is 12.8. The minimum atomic E-state index is -4.05. The van der Waals surface area contributed by atoms with Crippen LogP contribution in [-0.2, 0) is 14.8 Å². The normalized spacial score (nSPS) is 13.0. The van der Waals surface area contributed by atoms with Gasteiger partial charge in [0.15, 0.2) is 11.5 Å². The molecule has 176 valence electrons. The third-order valence-corrected chi connectivity index (χ3v) is 7.06. The molecule has 0 aromatic heterocycles. The Balaban J connectivity index is 1.58. The van der Waals surface area contributed by atoms with Crippen LogP contribution in [0.4, 0.5) is 5.69 Å². The number of rotatable bonds is 7. The number of benzene rings is 3. The number of para-hydroxylation sites is 1. The van der Waals surface area contributed by atoms with Crippen molar-refractivity contribution in [2.75, 3.05) is 24.1 Å². The van der Waals surface area contributed by atoms with Crippen LogP contribution in [0.1, 0.15) is 11.1 Å². The first-order valence-corrected chi connectivity index (χ1v) is 12.2. The molecule has 3 aromatic carbocycles. The van der Waals surface area contributed by atoms with Gasteiger partial charge in [-0.2, -0.15) is 5.10 Å². The number of hydrazone groups is 1. The van der Waals surface area contributed by atoms with Gasteiger partial charge >= 0.3 is 0 Å². The summed E-state index contributed by atoms with van der Waals surface area (Å²) in [6.45, 7) is 2.12. The predicted molar refractivity (Wildman–Crippen MR) is 130 cm³/mol. The van der Waals surface area contributed by atoms with Gasteiger partial charge in [0.2, 0.25) is 0 Å². The maximum absolute atomic E-state index is 13.4. The number of aryl methyl sites for hydroxylation is 1. The lowest BCUT2D eigenvalue weighted by Crippen LogP contribution is -2.40. The van der Waals surface area contributed by atoms with Crippen LogP contribution in [0.25, 0.3) is 0 Å². The van der Waals surface area contributed by atoms with Crippen LogP contribution in [-0.4, -0.2) is 40.3 Å². The third kappa shape index (κ3) is 5.16. The monoisotopic (exact) mass is 499 g/mol. The molecule has 1 amide bonds. The zero-order valence-electron chi connectivity index (χ0n) is 18.3. The molecule has 0 bridgehead atoms. The van der Waals surface area contributed by atoms with E-state index in [0.29, 0.717) is 46.5 Å². The van der Waals surface area contributed by atoms with Gasteiger partial charge in [-0.25, -0.2) is 13.8 Å². The minimum Gasteiger partial charge on any atom is -0.486 e. The molecular formula is C24H22ClN3O5S. The van der Waals surface area contributed by atoms with E-state index in [9.17, 15) is 13.2 Å². The first-order chi connectivity index (χ1) is 16.4. The maximum atomic E-state index is 13.4. The smallest absolute Gasteiger partial charge is 0.264 e. The highest BCUT2D eigenvalue weighted by atomic mass is 35.5. The Morgan fingerprint density at radius 1 is 1.09 bits per heavy atom. The van der Waals surface area contributed by atoms with Crippen LogP contribution in [0, 0.1) is 6.92 Å². The summed E-state index contributed by atoms with van der Waals surface area (Å²) in [7, 11) is -4.05. The average Bonchev–Trinajstić information content (AvgIpc) is 2.85. The molecule has 0 radical (unpaired) electrons. The zero-order valence-corrected chi connectivity index (χ0v) is 19.8. The Morgan fingerprint density at radius 2 is 1.85 bits per heavy atom. The van der Waals surface area contributed by atoms with Crippen molar-refractivity contribution in [1.82, 2.24) is 5.43 Å². The predicted octanol–water partition coefficient (Wildman–Crippen LogP) is 3.77. The Kier molecular flexibility index (Phi) is 7.04. The fourth-order valence-electron chi connectivity index (χ4n) is 3.41. The molecule has 0 saturated heterocycles. The van der Waals surface area contributed by atoms with Gasteiger partial charge < -0.3 is 9.47 Å². The van der Waals surface area contributed by atoms with E-state index in [-0.39, 0.29) is 4.90 Å². The number of carbonyl (C=O) groups excluding carboxylic acids is 1. The van der Waals surface area contributed by atoms with E-state index in [2.05, 4.69) is 10.5 Å². The lowest BCUT2D eigenvalue weighted by atomic mass is 10.2. The molecule has 1 heterocycles. The van der Waals surface area contributed by atoms with Gasteiger partial charge in [-0.05, 0) is 48.9 Å². The molecule has 0 spiro atoms. The van der Waals surface area contributed by atoms with Gasteiger partial charge in [-0.15, -0.1) is 0 Å². The molecular weight excluding hydrogens is 478 g/mol. The number of hydrogen-bond donors (Lipinski definition) is 1. The second kappa shape index (κ2) is 10.1. The first-order valence-electron chi connectivity index (χ1n) is 10.4. The Bertz CT molecular complexity index is 1330. The van der Waals surface area contributed by atoms with E-state index in [0.717, 1.165) is 4.31 Å². The van der Waals surface area contributed by atoms with Crippen LogP contribution in [0.15, 0.2) is 76.7 Å². The quantitative estimate of drug-likeness (QED) is 0.394. The number of amides is 1. The summed E-state index contributed by atoms with van der Waals surface area (Å²) in [5.74, 6) is 0.504. The second-order valence-corrected chi connectivity index (χ2v) is 9.72. The zero-order chi connectivity index (χ0) is 24.1. The number of anilines is 1. The topological polar surface area (TPSA) is 97.3 Å². The van der Waals surface area contributed by atoms with E-state index in [1.54, 1.807) is 55.5 Å². The molecule has 0 saturated carbocycles. The largest absolute Gasteiger partial charge is 0.486 e. The van der Waals surface area contributed by atoms with Crippen molar-refractivity contribution in [2.45, 2.75) is 11.8 Å². The summed E-state index contributed by atoms with van der Waals surface area (Å²) in [5.41, 5.74) is 3.96. The number of fused-ring (bicyclic) bond motifs is 1. The van der Waals surface area contributed by atoms with Crippen LogP contribution >= 0.6 is 11.6 Å². The first kappa shape index (κ1) is 23.6. The molecule has 34 heavy (non-hydrogen) atoms. The fraction of sp³-hybridized carbons (Fsp3) is 0.167. The highest BCUT2D eigenvalue weighted by Crippen LogP contribution is 2.32.